The maximum Gasteiger partial charge on any atom is 0.266 e. The number of carbonyl (C=O) groups excluding carboxylic acids is 1. The number of rotatable bonds is 4. The van der Waals surface area contributed by atoms with E-state index in [0.717, 1.165) is 44.7 Å². The summed E-state index contributed by atoms with van der Waals surface area (Å²) in [5.41, 5.74) is 5.47. The molecule has 6 heteroatoms. The van der Waals surface area contributed by atoms with Crippen LogP contribution in [0.1, 0.15) is 22.3 Å². The van der Waals surface area contributed by atoms with E-state index in [1.54, 1.807) is 6.08 Å². The Morgan fingerprint density at radius 1 is 1.12 bits per heavy atom. The number of aromatic nitrogens is 1. The maximum atomic E-state index is 13.0. The van der Waals surface area contributed by atoms with Crippen LogP contribution in [-0.4, -0.2) is 37.2 Å². The summed E-state index contributed by atoms with van der Waals surface area (Å²) in [5, 5.41) is 13.7. The van der Waals surface area contributed by atoms with Crippen molar-refractivity contribution in [1.29, 1.82) is 5.26 Å². The highest BCUT2D eigenvalue weighted by Gasteiger charge is 2.19. The highest BCUT2D eigenvalue weighted by molar-refractivity contribution is 6.10. The molecule has 0 radical (unpaired) electrons. The zero-order chi connectivity index (χ0) is 22.7. The van der Waals surface area contributed by atoms with Crippen LogP contribution in [0.15, 0.2) is 48.0 Å². The van der Waals surface area contributed by atoms with E-state index in [4.69, 9.17) is 9.72 Å². The minimum absolute atomic E-state index is 0.0379. The number of nitrogens with zero attached hydrogens (tertiary/aromatic N) is 3. The largest absolute Gasteiger partial charge is 0.378 e. The van der Waals surface area contributed by atoms with Gasteiger partial charge in [0.1, 0.15) is 17.5 Å². The minimum Gasteiger partial charge on any atom is -0.378 e. The number of hydrogen-bond acceptors (Lipinski definition) is 5. The van der Waals surface area contributed by atoms with E-state index >= 15 is 0 Å². The SMILES string of the molecule is Cc1cc(C)c(NC(=O)/C(C#N)=C/c2cc3ccccc3nc2N2CCOCC2)c(C)c1. The van der Waals surface area contributed by atoms with Crippen molar-refractivity contribution in [2.45, 2.75) is 20.8 Å². The van der Waals surface area contributed by atoms with Gasteiger partial charge < -0.3 is 15.0 Å². The fourth-order valence-corrected chi connectivity index (χ4v) is 4.12. The lowest BCUT2D eigenvalue weighted by atomic mass is 10.0. The molecule has 1 fully saturated rings. The molecule has 0 saturated carbocycles. The molecule has 1 amide bonds. The van der Waals surface area contributed by atoms with Crippen molar-refractivity contribution in [2.75, 3.05) is 36.5 Å². The van der Waals surface area contributed by atoms with Gasteiger partial charge in [0.15, 0.2) is 0 Å². The Balaban J connectivity index is 1.74. The van der Waals surface area contributed by atoms with Gasteiger partial charge in [-0.05, 0) is 50.1 Å². The zero-order valence-electron chi connectivity index (χ0n) is 18.6. The van der Waals surface area contributed by atoms with Crippen LogP contribution < -0.4 is 10.2 Å². The Hall–Kier alpha value is -3.69. The van der Waals surface area contributed by atoms with Gasteiger partial charge in [-0.1, -0.05) is 35.9 Å². The first-order valence-corrected chi connectivity index (χ1v) is 10.7. The summed E-state index contributed by atoms with van der Waals surface area (Å²) in [5.74, 6) is 0.332. The minimum atomic E-state index is -0.427. The van der Waals surface area contributed by atoms with Gasteiger partial charge in [-0.15, -0.1) is 0 Å². The molecule has 3 aromatic rings. The molecular formula is C26H26N4O2. The van der Waals surface area contributed by atoms with Crippen LogP contribution in [0.2, 0.25) is 0 Å². The molecule has 32 heavy (non-hydrogen) atoms. The predicted octanol–water partition coefficient (Wildman–Crippen LogP) is 4.54. The van der Waals surface area contributed by atoms with Crippen molar-refractivity contribution < 1.29 is 9.53 Å². The summed E-state index contributed by atoms with van der Waals surface area (Å²) in [6.07, 6.45) is 1.64. The molecule has 0 unspecified atom stereocenters. The number of aryl methyl sites for hydroxylation is 3. The topological polar surface area (TPSA) is 78.2 Å². The van der Waals surface area contributed by atoms with Crippen LogP contribution in [0, 0.1) is 32.1 Å². The molecule has 0 aliphatic carbocycles. The molecular weight excluding hydrogens is 400 g/mol. The molecule has 0 atom stereocenters. The van der Waals surface area contributed by atoms with E-state index in [9.17, 15) is 10.1 Å². The monoisotopic (exact) mass is 426 g/mol. The molecule has 2 aromatic carbocycles. The fraction of sp³-hybridized carbons (Fsp3) is 0.269. The predicted molar refractivity (Wildman–Crippen MR) is 128 cm³/mol. The van der Waals surface area contributed by atoms with Gasteiger partial charge >= 0.3 is 0 Å². The Bertz CT molecular complexity index is 1230. The molecule has 1 N–H and O–H groups in total. The standard InChI is InChI=1S/C26H26N4O2/c1-17-12-18(2)24(19(3)13-17)29-26(31)22(16-27)15-21-14-20-6-4-5-7-23(20)28-25(21)30-8-10-32-11-9-30/h4-7,12-15H,8-11H2,1-3H3,(H,29,31)/b22-15+. The van der Waals surface area contributed by atoms with Crippen molar-refractivity contribution in [1.82, 2.24) is 4.98 Å². The number of ether oxygens (including phenoxy) is 1. The van der Waals surface area contributed by atoms with E-state index in [1.807, 2.05) is 63.2 Å². The number of para-hydroxylation sites is 1. The van der Waals surface area contributed by atoms with Crippen molar-refractivity contribution in [2.24, 2.45) is 0 Å². The van der Waals surface area contributed by atoms with Crippen LogP contribution in [0.25, 0.3) is 17.0 Å². The van der Waals surface area contributed by atoms with Crippen LogP contribution in [0.3, 0.4) is 0 Å². The van der Waals surface area contributed by atoms with Gasteiger partial charge in [-0.2, -0.15) is 5.26 Å². The van der Waals surface area contributed by atoms with E-state index in [2.05, 4.69) is 16.3 Å². The molecule has 4 rings (SSSR count). The van der Waals surface area contributed by atoms with Crippen LogP contribution in [0.5, 0.6) is 0 Å². The summed E-state index contributed by atoms with van der Waals surface area (Å²) in [7, 11) is 0. The second-order valence-corrected chi connectivity index (χ2v) is 8.09. The van der Waals surface area contributed by atoms with Crippen molar-refractivity contribution in [3.8, 4) is 6.07 Å². The first-order chi connectivity index (χ1) is 15.5. The summed E-state index contributed by atoms with van der Waals surface area (Å²) in [6, 6.07) is 15.9. The lowest BCUT2D eigenvalue weighted by Crippen LogP contribution is -2.37. The molecule has 1 saturated heterocycles. The number of nitrogens with one attached hydrogen (secondary N) is 1. The van der Waals surface area contributed by atoms with E-state index in [-0.39, 0.29) is 5.57 Å². The third-order valence-corrected chi connectivity index (χ3v) is 5.62. The smallest absolute Gasteiger partial charge is 0.266 e. The number of amides is 1. The summed E-state index contributed by atoms with van der Waals surface area (Å²) >= 11 is 0. The van der Waals surface area contributed by atoms with E-state index in [0.29, 0.717) is 26.3 Å². The third-order valence-electron chi connectivity index (χ3n) is 5.62. The quantitative estimate of drug-likeness (QED) is 0.489. The van der Waals surface area contributed by atoms with Gasteiger partial charge in [0.2, 0.25) is 0 Å². The maximum absolute atomic E-state index is 13.0. The lowest BCUT2D eigenvalue weighted by Gasteiger charge is -2.29. The van der Waals surface area contributed by atoms with Crippen molar-refractivity contribution >= 4 is 34.4 Å². The fourth-order valence-electron chi connectivity index (χ4n) is 4.12. The number of fused-ring (bicyclic) bond motifs is 1. The molecule has 162 valence electrons. The number of nitriles is 1. The van der Waals surface area contributed by atoms with Crippen molar-refractivity contribution in [3.63, 3.8) is 0 Å². The second-order valence-electron chi connectivity index (χ2n) is 8.09. The Morgan fingerprint density at radius 3 is 2.50 bits per heavy atom. The molecule has 0 spiro atoms. The van der Waals surface area contributed by atoms with E-state index < -0.39 is 5.91 Å². The number of morpholine rings is 1. The van der Waals surface area contributed by atoms with Crippen LogP contribution >= 0.6 is 0 Å². The van der Waals surface area contributed by atoms with Gasteiger partial charge in [0.05, 0.1) is 18.7 Å². The Morgan fingerprint density at radius 2 is 1.81 bits per heavy atom. The summed E-state index contributed by atoms with van der Waals surface area (Å²) in [6.45, 7) is 8.59. The average molecular weight is 427 g/mol. The van der Waals surface area contributed by atoms with Gasteiger partial charge in [0, 0.05) is 29.7 Å². The summed E-state index contributed by atoms with van der Waals surface area (Å²) in [4.78, 5) is 20.0. The number of benzene rings is 2. The molecule has 1 aliphatic rings. The van der Waals surface area contributed by atoms with E-state index in [1.165, 1.54) is 0 Å². The van der Waals surface area contributed by atoms with Crippen LogP contribution in [-0.2, 0) is 9.53 Å². The number of hydrogen-bond donors (Lipinski definition) is 1. The second kappa shape index (κ2) is 9.21. The van der Waals surface area contributed by atoms with Gasteiger partial charge in [0.25, 0.3) is 5.91 Å². The van der Waals surface area contributed by atoms with Crippen molar-refractivity contribution in [3.05, 3.63) is 70.3 Å². The number of anilines is 2. The first-order valence-electron chi connectivity index (χ1n) is 10.7. The lowest BCUT2D eigenvalue weighted by molar-refractivity contribution is -0.112. The highest BCUT2D eigenvalue weighted by Crippen LogP contribution is 2.27. The van der Waals surface area contributed by atoms with Gasteiger partial charge in [-0.25, -0.2) is 4.98 Å². The highest BCUT2D eigenvalue weighted by atomic mass is 16.5. The third kappa shape index (κ3) is 4.48. The normalized spacial score (nSPS) is 14.3. The number of carbonyl (C=O) groups is 1. The molecule has 1 aromatic heterocycles. The van der Waals surface area contributed by atoms with Gasteiger partial charge in [-0.3, -0.25) is 4.79 Å². The first kappa shape index (κ1) is 21.5. The molecule has 6 nitrogen and oxygen atoms in total. The Labute approximate surface area is 188 Å². The molecule has 2 heterocycles. The zero-order valence-corrected chi connectivity index (χ0v) is 18.6. The van der Waals surface area contributed by atoms with Crippen LogP contribution in [0.4, 0.5) is 11.5 Å². The molecule has 0 bridgehead atoms. The average Bonchev–Trinajstić information content (AvgIpc) is 2.79. The summed E-state index contributed by atoms with van der Waals surface area (Å²) < 4.78 is 5.48. The Kier molecular flexibility index (Phi) is 6.20. The number of pyridine rings is 1. The molecule has 1 aliphatic heterocycles.